The Kier molecular flexibility index (Phi) is 4.27. The monoisotopic (exact) mass is 287 g/mol. The van der Waals surface area contributed by atoms with Crippen molar-refractivity contribution >= 4 is 11.0 Å². The van der Waals surface area contributed by atoms with Crippen molar-refractivity contribution in [2.45, 2.75) is 38.8 Å². The average Bonchev–Trinajstić information content (AvgIpc) is 3.09. The van der Waals surface area contributed by atoms with Gasteiger partial charge in [0.15, 0.2) is 0 Å². The van der Waals surface area contributed by atoms with Crippen LogP contribution in [-0.4, -0.2) is 28.8 Å². The number of aromatic nitrogens is 2. The van der Waals surface area contributed by atoms with Gasteiger partial charge >= 0.3 is 0 Å². The van der Waals surface area contributed by atoms with E-state index in [1.165, 1.54) is 11.9 Å². The molecule has 0 amide bonds. The maximum Gasteiger partial charge on any atom is 0.126 e. The molecular weight excluding hydrogens is 262 g/mol. The van der Waals surface area contributed by atoms with Gasteiger partial charge < -0.3 is 14.6 Å². The zero-order chi connectivity index (χ0) is 14.8. The number of nitrogens with one attached hydrogen (secondary N) is 1. The van der Waals surface area contributed by atoms with Gasteiger partial charge in [-0.05, 0) is 37.8 Å². The first-order valence-electron chi connectivity index (χ1n) is 7.97. The Balaban J connectivity index is 1.69. The summed E-state index contributed by atoms with van der Waals surface area (Å²) in [5.74, 6) is 1.73. The molecule has 1 fully saturated rings. The lowest BCUT2D eigenvalue weighted by Crippen LogP contribution is -2.31. The minimum atomic E-state index is 0.250. The smallest absolute Gasteiger partial charge is 0.126 e. The summed E-state index contributed by atoms with van der Waals surface area (Å²) < 4.78 is 7.95. The van der Waals surface area contributed by atoms with Crippen LogP contribution in [0.3, 0.4) is 0 Å². The fourth-order valence-electron chi connectivity index (χ4n) is 3.35. The molecule has 1 aliphatic heterocycles. The molecule has 1 aromatic heterocycles. The molecule has 3 unspecified atom stereocenters. The van der Waals surface area contributed by atoms with E-state index in [2.05, 4.69) is 49.0 Å². The third-order valence-corrected chi connectivity index (χ3v) is 4.64. The summed E-state index contributed by atoms with van der Waals surface area (Å²) in [5, 5.41) is 3.64. The van der Waals surface area contributed by atoms with Crippen LogP contribution >= 0.6 is 0 Å². The van der Waals surface area contributed by atoms with E-state index in [1.807, 2.05) is 6.07 Å². The van der Waals surface area contributed by atoms with Gasteiger partial charge in [-0.15, -0.1) is 0 Å². The van der Waals surface area contributed by atoms with Crippen LogP contribution in [0.25, 0.3) is 11.0 Å². The first-order valence-corrected chi connectivity index (χ1v) is 7.97. The van der Waals surface area contributed by atoms with Gasteiger partial charge in [0.25, 0.3) is 0 Å². The summed E-state index contributed by atoms with van der Waals surface area (Å²) in [6.45, 7) is 6.31. The molecule has 4 heteroatoms. The number of fused-ring (bicyclic) bond motifs is 1. The SMILES string of the molecule is CCC1OCCC1CNC(C)c1nc2ccccc2n1C. The minimum Gasteiger partial charge on any atom is -0.378 e. The van der Waals surface area contributed by atoms with E-state index in [-0.39, 0.29) is 6.04 Å². The molecule has 4 nitrogen and oxygen atoms in total. The zero-order valence-electron chi connectivity index (χ0n) is 13.2. The highest BCUT2D eigenvalue weighted by molar-refractivity contribution is 5.75. The molecule has 1 saturated heterocycles. The molecule has 2 heterocycles. The zero-order valence-corrected chi connectivity index (χ0v) is 13.2. The Morgan fingerprint density at radius 1 is 1.43 bits per heavy atom. The highest BCUT2D eigenvalue weighted by atomic mass is 16.5. The van der Waals surface area contributed by atoms with Crippen molar-refractivity contribution in [3.05, 3.63) is 30.1 Å². The molecule has 0 radical (unpaired) electrons. The number of imidazole rings is 1. The molecule has 21 heavy (non-hydrogen) atoms. The van der Waals surface area contributed by atoms with Crippen LogP contribution in [0.1, 0.15) is 38.6 Å². The second-order valence-corrected chi connectivity index (χ2v) is 6.01. The van der Waals surface area contributed by atoms with Gasteiger partial charge in [0, 0.05) is 20.2 Å². The van der Waals surface area contributed by atoms with Crippen molar-refractivity contribution in [1.29, 1.82) is 0 Å². The average molecular weight is 287 g/mol. The Hall–Kier alpha value is -1.39. The van der Waals surface area contributed by atoms with Crippen LogP contribution in [0.5, 0.6) is 0 Å². The number of hydrogen-bond donors (Lipinski definition) is 1. The summed E-state index contributed by atoms with van der Waals surface area (Å²) in [6, 6.07) is 8.55. The van der Waals surface area contributed by atoms with Gasteiger partial charge in [0.2, 0.25) is 0 Å². The molecule has 3 rings (SSSR count). The van der Waals surface area contributed by atoms with Crippen molar-refractivity contribution in [2.75, 3.05) is 13.2 Å². The number of nitrogens with zero attached hydrogens (tertiary/aromatic N) is 2. The Labute approximate surface area is 126 Å². The molecule has 3 atom stereocenters. The number of hydrogen-bond acceptors (Lipinski definition) is 3. The molecule has 1 N–H and O–H groups in total. The fraction of sp³-hybridized carbons (Fsp3) is 0.588. The highest BCUT2D eigenvalue weighted by Gasteiger charge is 2.27. The van der Waals surface area contributed by atoms with Crippen LogP contribution in [0.4, 0.5) is 0 Å². The molecule has 1 aromatic carbocycles. The van der Waals surface area contributed by atoms with Gasteiger partial charge in [0.05, 0.1) is 23.2 Å². The highest BCUT2D eigenvalue weighted by Crippen LogP contribution is 2.24. The van der Waals surface area contributed by atoms with Crippen LogP contribution < -0.4 is 5.32 Å². The molecule has 1 aliphatic rings. The number of benzene rings is 1. The van der Waals surface area contributed by atoms with Crippen LogP contribution in [0, 0.1) is 5.92 Å². The summed E-state index contributed by atoms with van der Waals surface area (Å²) >= 11 is 0. The van der Waals surface area contributed by atoms with Crippen molar-refractivity contribution < 1.29 is 4.74 Å². The van der Waals surface area contributed by atoms with E-state index in [0.29, 0.717) is 12.0 Å². The Morgan fingerprint density at radius 2 is 2.24 bits per heavy atom. The summed E-state index contributed by atoms with van der Waals surface area (Å²) in [7, 11) is 2.09. The fourth-order valence-corrected chi connectivity index (χ4v) is 3.35. The van der Waals surface area contributed by atoms with Crippen molar-refractivity contribution in [3.63, 3.8) is 0 Å². The topological polar surface area (TPSA) is 39.1 Å². The van der Waals surface area contributed by atoms with E-state index in [0.717, 1.165) is 30.9 Å². The normalized spacial score (nSPS) is 23.8. The molecule has 0 saturated carbocycles. The first-order chi connectivity index (χ1) is 10.2. The standard InChI is InChI=1S/C17H25N3O/c1-4-16-13(9-10-21-16)11-18-12(2)17-19-14-7-5-6-8-15(14)20(17)3/h5-8,12-13,16,18H,4,9-11H2,1-3H3. The summed E-state index contributed by atoms with van der Waals surface area (Å²) in [6.07, 6.45) is 2.69. The van der Waals surface area contributed by atoms with Gasteiger partial charge in [-0.3, -0.25) is 0 Å². The maximum atomic E-state index is 5.76. The largest absolute Gasteiger partial charge is 0.378 e. The van der Waals surface area contributed by atoms with E-state index < -0.39 is 0 Å². The molecule has 0 bridgehead atoms. The van der Waals surface area contributed by atoms with Crippen LogP contribution in [0.15, 0.2) is 24.3 Å². The summed E-state index contributed by atoms with van der Waals surface area (Å²) in [4.78, 5) is 4.77. The number of rotatable bonds is 5. The quantitative estimate of drug-likeness (QED) is 0.918. The molecule has 114 valence electrons. The predicted molar refractivity (Wildman–Crippen MR) is 85.3 cm³/mol. The number of aryl methyl sites for hydroxylation is 1. The van der Waals surface area contributed by atoms with Crippen LogP contribution in [0.2, 0.25) is 0 Å². The number of ether oxygens (including phenoxy) is 1. The lowest BCUT2D eigenvalue weighted by molar-refractivity contribution is 0.0866. The molecule has 0 spiro atoms. The maximum absolute atomic E-state index is 5.76. The molecular formula is C17H25N3O. The lowest BCUT2D eigenvalue weighted by Gasteiger charge is -2.20. The van der Waals surface area contributed by atoms with E-state index in [4.69, 9.17) is 9.72 Å². The Morgan fingerprint density at radius 3 is 3.00 bits per heavy atom. The Bertz CT molecular complexity index is 607. The predicted octanol–water partition coefficient (Wildman–Crippen LogP) is 3.04. The van der Waals surface area contributed by atoms with E-state index in [9.17, 15) is 0 Å². The van der Waals surface area contributed by atoms with Crippen molar-refractivity contribution in [1.82, 2.24) is 14.9 Å². The van der Waals surface area contributed by atoms with E-state index in [1.54, 1.807) is 0 Å². The van der Waals surface area contributed by atoms with E-state index >= 15 is 0 Å². The third-order valence-electron chi connectivity index (χ3n) is 4.64. The van der Waals surface area contributed by atoms with Gasteiger partial charge in [-0.2, -0.15) is 0 Å². The minimum absolute atomic E-state index is 0.250. The second-order valence-electron chi connectivity index (χ2n) is 6.01. The summed E-state index contributed by atoms with van der Waals surface area (Å²) in [5.41, 5.74) is 2.26. The van der Waals surface area contributed by atoms with Crippen molar-refractivity contribution in [3.8, 4) is 0 Å². The van der Waals surface area contributed by atoms with Crippen LogP contribution in [-0.2, 0) is 11.8 Å². The van der Waals surface area contributed by atoms with Gasteiger partial charge in [-0.1, -0.05) is 19.1 Å². The van der Waals surface area contributed by atoms with Gasteiger partial charge in [0.1, 0.15) is 5.82 Å². The molecule has 0 aliphatic carbocycles. The second kappa shape index (κ2) is 6.16. The number of para-hydroxylation sites is 2. The third kappa shape index (κ3) is 2.83. The first kappa shape index (κ1) is 14.5. The van der Waals surface area contributed by atoms with Gasteiger partial charge in [-0.25, -0.2) is 4.98 Å². The lowest BCUT2D eigenvalue weighted by atomic mass is 9.99. The van der Waals surface area contributed by atoms with Crippen molar-refractivity contribution in [2.24, 2.45) is 13.0 Å². The molecule has 2 aromatic rings.